The molecule has 0 aliphatic carbocycles. The molecule has 1 N–H and O–H groups in total. The van der Waals surface area contributed by atoms with Crippen molar-refractivity contribution in [3.63, 3.8) is 0 Å². The number of aromatic carboxylic acids is 1. The van der Waals surface area contributed by atoms with Gasteiger partial charge in [-0.1, -0.05) is 6.42 Å². The number of nitrogens with zero attached hydrogens (tertiary/aromatic N) is 3. The number of aromatic nitrogens is 1. The molecule has 1 atom stereocenters. The number of rotatable bonds is 2. The Morgan fingerprint density at radius 3 is 3.00 bits per heavy atom. The van der Waals surface area contributed by atoms with E-state index in [1.54, 1.807) is 0 Å². The van der Waals surface area contributed by atoms with Crippen molar-refractivity contribution in [3.05, 3.63) is 23.5 Å². The molecule has 0 radical (unpaired) electrons. The molecule has 3 rings (SSSR count). The molecule has 1 unspecified atom stereocenters. The van der Waals surface area contributed by atoms with Crippen LogP contribution in [0.1, 0.15) is 35.3 Å². The highest BCUT2D eigenvalue weighted by Crippen LogP contribution is 2.27. The van der Waals surface area contributed by atoms with Crippen LogP contribution < -0.4 is 4.90 Å². The van der Waals surface area contributed by atoms with Gasteiger partial charge in [0.25, 0.3) is 0 Å². The van der Waals surface area contributed by atoms with Crippen LogP contribution in [0, 0.1) is 6.92 Å². The van der Waals surface area contributed by atoms with E-state index in [0.717, 1.165) is 31.0 Å². The molecular formula is C15H21N3O2. The minimum absolute atomic E-state index is 0.319. The molecule has 3 heterocycles. The molecule has 5 heteroatoms. The van der Waals surface area contributed by atoms with Gasteiger partial charge in [-0.3, -0.25) is 9.88 Å². The summed E-state index contributed by atoms with van der Waals surface area (Å²) in [5.41, 5.74) is 2.02. The summed E-state index contributed by atoms with van der Waals surface area (Å²) in [5, 5.41) is 9.34. The number of hydrogen-bond donors (Lipinski definition) is 1. The maximum atomic E-state index is 11.4. The lowest BCUT2D eigenvalue weighted by Crippen LogP contribution is -2.55. The third-order valence-corrected chi connectivity index (χ3v) is 4.43. The Morgan fingerprint density at radius 2 is 2.20 bits per heavy atom. The predicted molar refractivity (Wildman–Crippen MR) is 77.4 cm³/mol. The van der Waals surface area contributed by atoms with Crippen LogP contribution in [0.4, 0.5) is 5.69 Å². The maximum Gasteiger partial charge on any atom is 0.339 e. The molecule has 5 nitrogen and oxygen atoms in total. The van der Waals surface area contributed by atoms with E-state index in [4.69, 9.17) is 0 Å². The Morgan fingerprint density at radius 1 is 1.35 bits per heavy atom. The normalized spacial score (nSPS) is 23.4. The Hall–Kier alpha value is -1.62. The maximum absolute atomic E-state index is 11.4. The molecule has 0 spiro atoms. The van der Waals surface area contributed by atoms with E-state index in [1.807, 2.05) is 13.0 Å². The van der Waals surface area contributed by atoms with Crippen molar-refractivity contribution in [2.75, 3.05) is 31.1 Å². The van der Waals surface area contributed by atoms with Crippen molar-refractivity contribution in [1.82, 2.24) is 9.88 Å². The number of anilines is 1. The van der Waals surface area contributed by atoms with Crippen LogP contribution >= 0.6 is 0 Å². The summed E-state index contributed by atoms with van der Waals surface area (Å²) in [6.45, 7) is 5.97. The third-order valence-electron chi connectivity index (χ3n) is 4.43. The van der Waals surface area contributed by atoms with Gasteiger partial charge in [-0.05, 0) is 32.4 Å². The number of piperazine rings is 1. The van der Waals surface area contributed by atoms with E-state index in [0.29, 0.717) is 11.6 Å². The lowest BCUT2D eigenvalue weighted by Gasteiger charge is -2.45. The lowest BCUT2D eigenvalue weighted by atomic mass is 9.99. The molecule has 2 aliphatic rings. The van der Waals surface area contributed by atoms with Gasteiger partial charge >= 0.3 is 5.97 Å². The first kappa shape index (κ1) is 13.4. The van der Waals surface area contributed by atoms with Crippen LogP contribution in [-0.4, -0.2) is 53.2 Å². The molecule has 0 aromatic carbocycles. The second kappa shape index (κ2) is 5.40. The summed E-state index contributed by atoms with van der Waals surface area (Å²) in [7, 11) is 0. The fraction of sp³-hybridized carbons (Fsp3) is 0.600. The number of pyridine rings is 1. The van der Waals surface area contributed by atoms with Crippen LogP contribution in [0.2, 0.25) is 0 Å². The second-order valence-electron chi connectivity index (χ2n) is 5.78. The first-order valence-corrected chi connectivity index (χ1v) is 7.34. The van der Waals surface area contributed by atoms with E-state index in [2.05, 4.69) is 14.8 Å². The van der Waals surface area contributed by atoms with Crippen LogP contribution in [0.5, 0.6) is 0 Å². The molecule has 1 aromatic rings. The van der Waals surface area contributed by atoms with Crippen molar-refractivity contribution in [3.8, 4) is 0 Å². The second-order valence-corrected chi connectivity index (χ2v) is 5.78. The number of carboxylic acid groups (broad SMARTS) is 1. The fourth-order valence-corrected chi connectivity index (χ4v) is 3.35. The third kappa shape index (κ3) is 2.50. The standard InChI is InChI=1S/C15H21N3O2/c1-11-8-14(13(9-16-11)15(19)20)18-7-6-17-5-3-2-4-12(17)10-18/h8-9,12H,2-7,10H2,1H3,(H,19,20). The smallest absolute Gasteiger partial charge is 0.339 e. The van der Waals surface area contributed by atoms with Crippen molar-refractivity contribution < 1.29 is 9.90 Å². The van der Waals surface area contributed by atoms with Crippen LogP contribution in [0.15, 0.2) is 12.3 Å². The Labute approximate surface area is 119 Å². The van der Waals surface area contributed by atoms with E-state index < -0.39 is 5.97 Å². The lowest BCUT2D eigenvalue weighted by molar-refractivity contribution is 0.0696. The Bertz CT molecular complexity index is 518. The van der Waals surface area contributed by atoms with Crippen molar-refractivity contribution in [2.24, 2.45) is 0 Å². The number of hydrogen-bond acceptors (Lipinski definition) is 4. The zero-order valence-corrected chi connectivity index (χ0v) is 11.9. The summed E-state index contributed by atoms with van der Waals surface area (Å²) in [4.78, 5) is 20.3. The average molecular weight is 275 g/mol. The topological polar surface area (TPSA) is 56.7 Å². The van der Waals surface area contributed by atoms with E-state index in [1.165, 1.54) is 32.0 Å². The van der Waals surface area contributed by atoms with Crippen molar-refractivity contribution >= 4 is 11.7 Å². The highest BCUT2D eigenvalue weighted by Gasteiger charge is 2.30. The number of aryl methyl sites for hydroxylation is 1. The monoisotopic (exact) mass is 275 g/mol. The Kier molecular flexibility index (Phi) is 3.61. The van der Waals surface area contributed by atoms with Gasteiger partial charge in [0.1, 0.15) is 5.56 Å². The largest absolute Gasteiger partial charge is 0.478 e. The zero-order chi connectivity index (χ0) is 14.1. The number of carbonyl (C=O) groups is 1. The van der Waals surface area contributed by atoms with Gasteiger partial charge in [-0.15, -0.1) is 0 Å². The van der Waals surface area contributed by atoms with Gasteiger partial charge in [0, 0.05) is 37.6 Å². The van der Waals surface area contributed by atoms with E-state index in [-0.39, 0.29) is 0 Å². The van der Waals surface area contributed by atoms with Crippen LogP contribution in [0.25, 0.3) is 0 Å². The van der Waals surface area contributed by atoms with Gasteiger partial charge in [0.15, 0.2) is 0 Å². The summed E-state index contributed by atoms with van der Waals surface area (Å²) >= 11 is 0. The van der Waals surface area contributed by atoms with Gasteiger partial charge in [0.05, 0.1) is 5.69 Å². The highest BCUT2D eigenvalue weighted by atomic mass is 16.4. The quantitative estimate of drug-likeness (QED) is 0.891. The summed E-state index contributed by atoms with van der Waals surface area (Å²) in [6.07, 6.45) is 5.30. The predicted octanol–water partition coefficient (Wildman–Crippen LogP) is 1.76. The number of carboxylic acids is 1. The molecule has 1 aromatic heterocycles. The van der Waals surface area contributed by atoms with E-state index >= 15 is 0 Å². The Balaban J connectivity index is 1.85. The van der Waals surface area contributed by atoms with Crippen molar-refractivity contribution in [2.45, 2.75) is 32.2 Å². The number of fused-ring (bicyclic) bond motifs is 1. The molecule has 20 heavy (non-hydrogen) atoms. The van der Waals surface area contributed by atoms with Crippen LogP contribution in [0.3, 0.4) is 0 Å². The SMILES string of the molecule is Cc1cc(N2CCN3CCCCC3C2)c(C(=O)O)cn1. The van der Waals surface area contributed by atoms with Gasteiger partial charge in [-0.25, -0.2) is 4.79 Å². The summed E-state index contributed by atoms with van der Waals surface area (Å²) < 4.78 is 0. The van der Waals surface area contributed by atoms with Gasteiger partial charge in [0.2, 0.25) is 0 Å². The average Bonchev–Trinajstić information content (AvgIpc) is 2.46. The van der Waals surface area contributed by atoms with Gasteiger partial charge in [-0.2, -0.15) is 0 Å². The van der Waals surface area contributed by atoms with E-state index in [9.17, 15) is 9.90 Å². The molecule has 0 bridgehead atoms. The molecular weight excluding hydrogens is 254 g/mol. The van der Waals surface area contributed by atoms with Crippen molar-refractivity contribution in [1.29, 1.82) is 0 Å². The summed E-state index contributed by atoms with van der Waals surface area (Å²) in [6, 6.07) is 2.48. The van der Waals surface area contributed by atoms with Crippen LogP contribution in [-0.2, 0) is 0 Å². The number of piperidine rings is 1. The fourth-order valence-electron chi connectivity index (χ4n) is 3.35. The molecule has 0 amide bonds. The first-order valence-electron chi connectivity index (χ1n) is 7.34. The molecule has 108 valence electrons. The van der Waals surface area contributed by atoms with Gasteiger partial charge < -0.3 is 10.0 Å². The first-order chi connectivity index (χ1) is 9.65. The highest BCUT2D eigenvalue weighted by molar-refractivity contribution is 5.94. The molecule has 0 saturated carbocycles. The zero-order valence-electron chi connectivity index (χ0n) is 11.9. The molecule has 2 aliphatic heterocycles. The summed E-state index contributed by atoms with van der Waals surface area (Å²) in [5.74, 6) is -0.890. The molecule has 2 saturated heterocycles. The molecule has 2 fully saturated rings. The minimum atomic E-state index is -0.890. The minimum Gasteiger partial charge on any atom is -0.478 e.